The minimum Gasteiger partial charge on any atom is -0.494 e. The van der Waals surface area contributed by atoms with Crippen LogP contribution in [0.1, 0.15) is 76.1 Å². The largest absolute Gasteiger partial charge is 0.494 e. The van der Waals surface area contributed by atoms with Gasteiger partial charge in [-0.25, -0.2) is 0 Å². The van der Waals surface area contributed by atoms with Crippen molar-refractivity contribution in [2.45, 2.75) is 71.1 Å². The Bertz CT molecular complexity index is 566. The molecule has 24 heavy (non-hydrogen) atoms. The summed E-state index contributed by atoms with van der Waals surface area (Å²) >= 11 is 0. The van der Waals surface area contributed by atoms with Crippen LogP contribution < -0.4 is 0 Å². The lowest BCUT2D eigenvalue weighted by Crippen LogP contribution is -1.88. The molecule has 0 saturated carbocycles. The minimum absolute atomic E-state index is 0.824. The number of aromatic amines is 1. The summed E-state index contributed by atoms with van der Waals surface area (Å²) in [5, 5.41) is 0. The Morgan fingerprint density at radius 2 is 1.71 bits per heavy atom. The molecule has 0 spiro atoms. The summed E-state index contributed by atoms with van der Waals surface area (Å²) in [6.45, 7) is 2.27. The maximum atomic E-state index is 5.29. The Morgan fingerprint density at radius 1 is 1.00 bits per heavy atom. The van der Waals surface area contributed by atoms with Gasteiger partial charge in [-0.3, -0.25) is 4.99 Å². The molecule has 0 aliphatic carbocycles. The zero-order valence-corrected chi connectivity index (χ0v) is 15.3. The van der Waals surface area contributed by atoms with Crippen molar-refractivity contribution in [3.05, 3.63) is 41.1 Å². The topological polar surface area (TPSA) is 37.4 Å². The Kier molecular flexibility index (Phi) is 8.43. The number of H-pyrrole nitrogens is 1. The number of rotatable bonds is 12. The van der Waals surface area contributed by atoms with Crippen LogP contribution in [0.15, 0.2) is 34.7 Å². The third-order valence-corrected chi connectivity index (χ3v) is 4.52. The molecule has 0 atom stereocenters. The molecule has 0 fully saturated rings. The van der Waals surface area contributed by atoms with E-state index in [1.165, 1.54) is 63.5 Å². The van der Waals surface area contributed by atoms with Gasteiger partial charge in [-0.1, -0.05) is 58.3 Å². The minimum atomic E-state index is 0.824. The van der Waals surface area contributed by atoms with Gasteiger partial charge in [-0.15, -0.1) is 0 Å². The molecule has 3 nitrogen and oxygen atoms in total. The summed E-state index contributed by atoms with van der Waals surface area (Å²) in [5.74, 6) is 0.824. The Balaban J connectivity index is 1.61. The zero-order chi connectivity index (χ0) is 17.0. The van der Waals surface area contributed by atoms with Crippen LogP contribution in [-0.4, -0.2) is 18.3 Å². The number of aromatic nitrogens is 1. The maximum absolute atomic E-state index is 5.29. The van der Waals surface area contributed by atoms with Gasteiger partial charge in [0, 0.05) is 23.7 Å². The molecule has 1 aromatic heterocycles. The molecule has 0 unspecified atom stereocenters. The van der Waals surface area contributed by atoms with E-state index in [9.17, 15) is 0 Å². The van der Waals surface area contributed by atoms with Gasteiger partial charge in [0.15, 0.2) is 0 Å². The molecular weight excluding hydrogens is 296 g/mol. The second kappa shape index (κ2) is 10.9. The van der Waals surface area contributed by atoms with E-state index in [2.05, 4.69) is 29.0 Å². The van der Waals surface area contributed by atoms with Crippen molar-refractivity contribution < 1.29 is 4.74 Å². The van der Waals surface area contributed by atoms with Crippen LogP contribution >= 0.6 is 0 Å². The van der Waals surface area contributed by atoms with Crippen LogP contribution in [0.25, 0.3) is 6.08 Å². The van der Waals surface area contributed by atoms with Gasteiger partial charge in [-0.2, -0.15) is 0 Å². The predicted molar refractivity (Wildman–Crippen MR) is 103 cm³/mol. The highest BCUT2D eigenvalue weighted by Crippen LogP contribution is 2.20. The highest BCUT2D eigenvalue weighted by Gasteiger charge is 2.08. The molecule has 1 aliphatic heterocycles. The van der Waals surface area contributed by atoms with Crippen molar-refractivity contribution in [3.63, 3.8) is 0 Å². The van der Waals surface area contributed by atoms with E-state index in [0.29, 0.717) is 0 Å². The smallest absolute Gasteiger partial charge is 0.146 e. The lowest BCUT2D eigenvalue weighted by molar-refractivity contribution is 0.303. The van der Waals surface area contributed by atoms with Crippen LogP contribution in [0.4, 0.5) is 0 Å². The quantitative estimate of drug-likeness (QED) is 0.466. The van der Waals surface area contributed by atoms with E-state index in [-0.39, 0.29) is 0 Å². The number of nitrogens with one attached hydrogen (secondary N) is 1. The number of aryl methyl sites for hydroxylation is 1. The number of allylic oxidation sites excluding steroid dienone is 1. The molecule has 1 aliphatic rings. The zero-order valence-electron chi connectivity index (χ0n) is 15.3. The molecule has 3 heteroatoms. The van der Waals surface area contributed by atoms with Gasteiger partial charge in [0.05, 0.1) is 7.11 Å². The van der Waals surface area contributed by atoms with Gasteiger partial charge in [0.1, 0.15) is 11.5 Å². The van der Waals surface area contributed by atoms with Crippen molar-refractivity contribution in [2.24, 2.45) is 4.99 Å². The van der Waals surface area contributed by atoms with E-state index in [1.807, 2.05) is 12.2 Å². The summed E-state index contributed by atoms with van der Waals surface area (Å²) in [6, 6.07) is 4.31. The van der Waals surface area contributed by atoms with Crippen molar-refractivity contribution >= 4 is 12.3 Å². The normalized spacial score (nSPS) is 15.2. The predicted octanol–water partition coefficient (Wildman–Crippen LogP) is 6.04. The lowest BCUT2D eigenvalue weighted by Gasteiger charge is -2.02. The van der Waals surface area contributed by atoms with E-state index in [4.69, 9.17) is 4.74 Å². The monoisotopic (exact) mass is 328 g/mol. The van der Waals surface area contributed by atoms with E-state index in [0.717, 1.165) is 23.6 Å². The fourth-order valence-corrected chi connectivity index (χ4v) is 3.08. The second-order valence-electron chi connectivity index (χ2n) is 6.56. The molecule has 1 N–H and O–H groups in total. The Hall–Kier alpha value is -1.77. The molecule has 0 saturated heterocycles. The number of methoxy groups -OCH3 is 1. The molecule has 2 heterocycles. The van der Waals surface area contributed by atoms with E-state index in [1.54, 1.807) is 13.3 Å². The number of nitrogens with zero attached hydrogens (tertiary/aromatic N) is 1. The number of ether oxygens (including phenoxy) is 1. The first kappa shape index (κ1) is 18.6. The second-order valence-corrected chi connectivity index (χ2v) is 6.56. The maximum Gasteiger partial charge on any atom is 0.146 e. The summed E-state index contributed by atoms with van der Waals surface area (Å²) in [4.78, 5) is 7.79. The molecule has 132 valence electrons. The summed E-state index contributed by atoms with van der Waals surface area (Å²) in [6.07, 6.45) is 19.2. The van der Waals surface area contributed by atoms with Crippen LogP contribution in [0.2, 0.25) is 0 Å². The van der Waals surface area contributed by atoms with E-state index < -0.39 is 0 Å². The Labute approximate surface area is 146 Å². The first-order chi connectivity index (χ1) is 11.8. The number of aliphatic imine (C=N–C) groups is 1. The molecule has 0 amide bonds. The number of unbranched alkanes of at least 4 members (excludes halogenated alkanes) is 8. The van der Waals surface area contributed by atoms with Gasteiger partial charge >= 0.3 is 0 Å². The lowest BCUT2D eigenvalue weighted by atomic mass is 10.1. The van der Waals surface area contributed by atoms with Gasteiger partial charge in [-0.05, 0) is 31.1 Å². The summed E-state index contributed by atoms with van der Waals surface area (Å²) < 4.78 is 5.29. The van der Waals surface area contributed by atoms with Crippen molar-refractivity contribution in [3.8, 4) is 0 Å². The third kappa shape index (κ3) is 6.38. The summed E-state index contributed by atoms with van der Waals surface area (Å²) in [7, 11) is 1.68. The van der Waals surface area contributed by atoms with Crippen LogP contribution in [0.5, 0.6) is 0 Å². The fraction of sp³-hybridized carbons (Fsp3) is 0.571. The highest BCUT2D eigenvalue weighted by atomic mass is 16.5. The fourth-order valence-electron chi connectivity index (χ4n) is 3.08. The first-order valence-electron chi connectivity index (χ1n) is 9.51. The van der Waals surface area contributed by atoms with Gasteiger partial charge < -0.3 is 9.72 Å². The van der Waals surface area contributed by atoms with Crippen molar-refractivity contribution in [1.82, 2.24) is 4.98 Å². The Morgan fingerprint density at radius 3 is 2.42 bits per heavy atom. The molecule has 0 aromatic carbocycles. The average Bonchev–Trinajstić information content (AvgIpc) is 3.23. The SMILES string of the molecule is CCCCCCCCCCCc1ccc(C=C2N=CC=C2OC)[nH]1. The number of hydrogen-bond acceptors (Lipinski definition) is 2. The van der Waals surface area contributed by atoms with Crippen LogP contribution in [-0.2, 0) is 11.2 Å². The first-order valence-corrected chi connectivity index (χ1v) is 9.51. The van der Waals surface area contributed by atoms with Crippen molar-refractivity contribution in [1.29, 1.82) is 0 Å². The average molecular weight is 329 g/mol. The van der Waals surface area contributed by atoms with E-state index >= 15 is 0 Å². The standard InChI is InChI=1S/C21H32N2O/c1-3-4-5-6-7-8-9-10-11-12-18-13-14-19(23-18)17-20-21(24-2)15-16-22-20/h13-17,23H,3-12H2,1-2H3. The molecule has 0 radical (unpaired) electrons. The number of hydrogen-bond donors (Lipinski definition) is 1. The van der Waals surface area contributed by atoms with Crippen LogP contribution in [0, 0.1) is 0 Å². The van der Waals surface area contributed by atoms with Crippen molar-refractivity contribution in [2.75, 3.05) is 7.11 Å². The van der Waals surface area contributed by atoms with Gasteiger partial charge in [0.25, 0.3) is 0 Å². The third-order valence-electron chi connectivity index (χ3n) is 4.52. The molecule has 0 bridgehead atoms. The molecule has 1 aromatic rings. The summed E-state index contributed by atoms with van der Waals surface area (Å²) in [5.41, 5.74) is 3.29. The van der Waals surface area contributed by atoms with Crippen LogP contribution in [0.3, 0.4) is 0 Å². The van der Waals surface area contributed by atoms with Gasteiger partial charge in [0.2, 0.25) is 0 Å². The highest BCUT2D eigenvalue weighted by molar-refractivity contribution is 5.81. The molecule has 2 rings (SSSR count). The molecular formula is C21H32N2O.